The summed E-state index contributed by atoms with van der Waals surface area (Å²) < 4.78 is 0. The topological polar surface area (TPSA) is 68.4 Å². The van der Waals surface area contributed by atoms with E-state index in [1.807, 2.05) is 41.4 Å². The quantitative estimate of drug-likeness (QED) is 0.317. The molecule has 0 saturated carbocycles. The summed E-state index contributed by atoms with van der Waals surface area (Å²) >= 11 is 7.44. The van der Waals surface area contributed by atoms with E-state index in [1.165, 1.54) is 18.4 Å². The average molecular weight is 552 g/mol. The fourth-order valence-corrected chi connectivity index (χ4v) is 10.5. The summed E-state index contributed by atoms with van der Waals surface area (Å²) in [5.74, 6) is 4.32. The van der Waals surface area contributed by atoms with Gasteiger partial charge in [0.05, 0.1) is 28.1 Å². The maximum absolute atomic E-state index is 11.5. The molecule has 4 aliphatic heterocycles. The first-order valence-corrected chi connectivity index (χ1v) is 16.7. The number of aliphatic hydroxyl groups is 1. The van der Waals surface area contributed by atoms with E-state index in [4.69, 9.17) is 9.98 Å². The Morgan fingerprint density at radius 2 is 2.00 bits per heavy atom. The van der Waals surface area contributed by atoms with Crippen LogP contribution in [0.4, 0.5) is 0 Å². The van der Waals surface area contributed by atoms with Gasteiger partial charge in [-0.2, -0.15) is 0 Å². The first-order valence-electron chi connectivity index (χ1n) is 12.7. The van der Waals surface area contributed by atoms with Crippen molar-refractivity contribution in [3.05, 3.63) is 29.3 Å². The van der Waals surface area contributed by atoms with Crippen LogP contribution < -0.4 is 0 Å². The molecule has 0 radical (unpaired) electrons. The van der Waals surface area contributed by atoms with Crippen LogP contribution in [0.2, 0.25) is 0 Å². The third-order valence-electron chi connectivity index (χ3n) is 7.63. The lowest BCUT2D eigenvalue weighted by Crippen LogP contribution is -2.51. The van der Waals surface area contributed by atoms with Crippen molar-refractivity contribution in [2.75, 3.05) is 30.1 Å². The fourth-order valence-electron chi connectivity index (χ4n) is 5.20. The molecular weight excluding hydrogens is 515 g/mol. The van der Waals surface area contributed by atoms with E-state index >= 15 is 0 Å². The SMILES string of the molecule is CCCCCc1cccc(O)c1C1=NC(C2SCC(C(O)C(C)(C)C3=NC4(CS3)CS4)N2C)CS1. The highest BCUT2D eigenvalue weighted by atomic mass is 32.2. The van der Waals surface area contributed by atoms with E-state index in [-0.39, 0.29) is 27.7 Å². The maximum Gasteiger partial charge on any atom is 0.125 e. The number of aryl methyl sites for hydroxylation is 1. The number of rotatable bonds is 9. The highest BCUT2D eigenvalue weighted by molar-refractivity contribution is 8.17. The lowest BCUT2D eigenvalue weighted by molar-refractivity contribution is 0.0212. The van der Waals surface area contributed by atoms with E-state index in [0.717, 1.165) is 51.5 Å². The normalized spacial score (nSPS) is 31.7. The van der Waals surface area contributed by atoms with Gasteiger partial charge in [-0.1, -0.05) is 45.7 Å². The van der Waals surface area contributed by atoms with Crippen molar-refractivity contribution in [1.29, 1.82) is 0 Å². The monoisotopic (exact) mass is 551 g/mol. The summed E-state index contributed by atoms with van der Waals surface area (Å²) in [6.07, 6.45) is 4.02. The number of hydrogen-bond acceptors (Lipinski definition) is 9. The largest absolute Gasteiger partial charge is 0.507 e. The summed E-state index contributed by atoms with van der Waals surface area (Å²) in [7, 11) is 2.14. The second-order valence-corrected chi connectivity index (χ2v) is 15.1. The molecule has 5 atom stereocenters. The Morgan fingerprint density at radius 1 is 1.20 bits per heavy atom. The first-order chi connectivity index (χ1) is 16.8. The number of thioether (sulfide) groups is 4. The maximum atomic E-state index is 11.5. The Kier molecular flexibility index (Phi) is 7.85. The van der Waals surface area contributed by atoms with Crippen LogP contribution in [-0.2, 0) is 6.42 Å². The number of phenolic OH excluding ortho intramolecular Hbond substituents is 1. The van der Waals surface area contributed by atoms with Crippen molar-refractivity contribution in [1.82, 2.24) is 4.90 Å². The van der Waals surface area contributed by atoms with Crippen LogP contribution >= 0.6 is 47.0 Å². The zero-order chi connectivity index (χ0) is 24.8. The van der Waals surface area contributed by atoms with Gasteiger partial charge in [-0.05, 0) is 31.5 Å². The van der Waals surface area contributed by atoms with Crippen LogP contribution in [0.15, 0.2) is 28.2 Å². The number of hydrogen-bond donors (Lipinski definition) is 2. The minimum absolute atomic E-state index is 0.0747. The van der Waals surface area contributed by atoms with Gasteiger partial charge < -0.3 is 10.2 Å². The molecule has 5 nitrogen and oxygen atoms in total. The van der Waals surface area contributed by atoms with Crippen LogP contribution in [0.25, 0.3) is 0 Å². The van der Waals surface area contributed by atoms with Gasteiger partial charge in [0.2, 0.25) is 0 Å². The van der Waals surface area contributed by atoms with Crippen molar-refractivity contribution < 1.29 is 10.2 Å². The molecule has 9 heteroatoms. The molecule has 4 heterocycles. The van der Waals surface area contributed by atoms with Crippen molar-refractivity contribution >= 4 is 57.1 Å². The first kappa shape index (κ1) is 26.3. The molecule has 1 spiro atoms. The second-order valence-electron chi connectivity index (χ2n) is 10.6. The van der Waals surface area contributed by atoms with Gasteiger partial charge in [-0.3, -0.25) is 14.9 Å². The third kappa shape index (κ3) is 5.19. The van der Waals surface area contributed by atoms with E-state index in [9.17, 15) is 10.2 Å². The molecule has 1 aromatic rings. The fraction of sp³-hybridized carbons (Fsp3) is 0.692. The Morgan fingerprint density at radius 3 is 2.71 bits per heavy atom. The summed E-state index contributed by atoms with van der Waals surface area (Å²) in [4.78, 5) is 12.6. The number of likely N-dealkylation sites (N-methyl/N-ethyl adjacent to an activating group) is 1. The lowest BCUT2D eigenvalue weighted by atomic mass is 9.83. The smallest absolute Gasteiger partial charge is 0.125 e. The van der Waals surface area contributed by atoms with Gasteiger partial charge >= 0.3 is 0 Å². The summed E-state index contributed by atoms with van der Waals surface area (Å²) in [5.41, 5.74) is 1.78. The number of unbranched alkanes of at least 4 members (excludes halogenated alkanes) is 2. The van der Waals surface area contributed by atoms with Gasteiger partial charge in [0.15, 0.2) is 0 Å². The summed E-state index contributed by atoms with van der Waals surface area (Å²) in [6.45, 7) is 6.53. The molecule has 0 bridgehead atoms. The summed E-state index contributed by atoms with van der Waals surface area (Å²) in [5, 5.41) is 24.6. The van der Waals surface area contributed by atoms with Gasteiger partial charge in [0.1, 0.15) is 15.7 Å². The molecule has 1 aromatic carbocycles. The highest BCUT2D eigenvalue weighted by Crippen LogP contribution is 2.55. The van der Waals surface area contributed by atoms with Gasteiger partial charge in [-0.25, -0.2) is 0 Å². The Labute approximate surface area is 226 Å². The molecule has 4 aliphatic rings. The molecule has 0 aromatic heterocycles. The molecule has 2 saturated heterocycles. The number of benzene rings is 1. The number of aliphatic imine (C=N–C) groups is 2. The van der Waals surface area contributed by atoms with E-state index in [0.29, 0.717) is 5.75 Å². The second kappa shape index (κ2) is 10.4. The van der Waals surface area contributed by atoms with E-state index < -0.39 is 6.10 Å². The minimum Gasteiger partial charge on any atom is -0.507 e. The average Bonchev–Trinajstić information content (AvgIpc) is 3.15. The molecular formula is C26H37N3O2S4. The molecule has 0 amide bonds. The van der Waals surface area contributed by atoms with E-state index in [2.05, 4.69) is 38.8 Å². The molecule has 2 fully saturated rings. The highest BCUT2D eigenvalue weighted by Gasteiger charge is 2.53. The molecule has 5 unspecified atom stereocenters. The van der Waals surface area contributed by atoms with Crippen LogP contribution in [0.3, 0.4) is 0 Å². The predicted octanol–water partition coefficient (Wildman–Crippen LogP) is 5.34. The zero-order valence-corrected chi connectivity index (χ0v) is 24.3. The zero-order valence-electron chi connectivity index (χ0n) is 21.1. The van der Waals surface area contributed by atoms with Crippen LogP contribution in [-0.4, -0.2) is 83.7 Å². The predicted molar refractivity (Wildman–Crippen MR) is 157 cm³/mol. The molecule has 0 aliphatic carbocycles. The Balaban J connectivity index is 1.29. The minimum atomic E-state index is -0.476. The molecule has 2 N–H and O–H groups in total. The van der Waals surface area contributed by atoms with Crippen LogP contribution in [0, 0.1) is 5.41 Å². The van der Waals surface area contributed by atoms with Crippen LogP contribution in [0.5, 0.6) is 5.75 Å². The number of aliphatic hydroxyl groups excluding tert-OH is 1. The van der Waals surface area contributed by atoms with Gasteiger partial charge in [0, 0.05) is 34.5 Å². The molecule has 5 rings (SSSR count). The number of nitrogens with zero attached hydrogens (tertiary/aromatic N) is 3. The number of aromatic hydroxyl groups is 1. The molecule has 192 valence electrons. The Bertz CT molecular complexity index is 1010. The van der Waals surface area contributed by atoms with Crippen molar-refractivity contribution in [3.63, 3.8) is 0 Å². The Hall–Kier alpha value is -0.320. The standard InChI is InChI=1S/C26H37N3O2S4/c1-5-6-7-9-16-10-8-11-19(30)20(16)22-27-17(12-32-22)23-29(4)18(13-33-23)21(31)25(2,3)24-28-26(14-34-24)15-35-26/h8,10-11,17-18,21,23,30-31H,5-7,9,12-15H2,1-4H3. The number of phenols is 1. The van der Waals surface area contributed by atoms with Gasteiger partial charge in [0.25, 0.3) is 0 Å². The van der Waals surface area contributed by atoms with E-state index in [1.54, 1.807) is 17.8 Å². The lowest BCUT2D eigenvalue weighted by Gasteiger charge is -2.38. The van der Waals surface area contributed by atoms with Crippen LogP contribution in [0.1, 0.15) is 51.2 Å². The summed E-state index contributed by atoms with van der Waals surface area (Å²) in [6, 6.07) is 6.10. The molecule has 35 heavy (non-hydrogen) atoms. The van der Waals surface area contributed by atoms with Crippen molar-refractivity contribution in [2.24, 2.45) is 15.4 Å². The van der Waals surface area contributed by atoms with Gasteiger partial charge in [-0.15, -0.1) is 47.0 Å². The van der Waals surface area contributed by atoms with Crippen molar-refractivity contribution in [2.45, 2.75) is 74.9 Å². The third-order valence-corrected chi connectivity index (χ3v) is 13.1. The van der Waals surface area contributed by atoms with Crippen molar-refractivity contribution in [3.8, 4) is 5.75 Å².